The Bertz CT molecular complexity index is 938. The topological polar surface area (TPSA) is 90.3 Å². The van der Waals surface area contributed by atoms with Crippen LogP contribution in [0.1, 0.15) is 44.1 Å². The molecular formula is C21H28ClN3O4S. The minimum Gasteiger partial charge on any atom is -0.393 e. The second-order valence-corrected chi connectivity index (χ2v) is 10.9. The average molecular weight is 454 g/mol. The molecule has 0 spiro atoms. The second kappa shape index (κ2) is 8.57. The number of amides is 2. The highest BCUT2D eigenvalue weighted by Gasteiger charge is 2.42. The lowest BCUT2D eigenvalue weighted by atomic mass is 10.0. The monoisotopic (exact) mass is 453 g/mol. The molecule has 7 nitrogen and oxygen atoms in total. The third kappa shape index (κ3) is 4.15. The number of aliphatic hydroxyl groups excluding tert-OH is 1. The van der Waals surface area contributed by atoms with Crippen molar-refractivity contribution in [3.05, 3.63) is 28.8 Å². The van der Waals surface area contributed by atoms with Gasteiger partial charge in [0.05, 0.1) is 11.0 Å². The SMILES string of the molecule is Cc1c(Cl)cccc1S(=O)(=O)N1CCCC(C=NC(=O)N2C3CCC2CC(O)C3)C1. The summed E-state index contributed by atoms with van der Waals surface area (Å²) >= 11 is 6.12. The predicted molar refractivity (Wildman–Crippen MR) is 115 cm³/mol. The molecule has 2 amide bonds. The lowest BCUT2D eigenvalue weighted by molar-refractivity contribution is 0.0569. The molecule has 9 heteroatoms. The van der Waals surface area contributed by atoms with Gasteiger partial charge < -0.3 is 10.0 Å². The van der Waals surface area contributed by atoms with E-state index in [1.54, 1.807) is 31.3 Å². The van der Waals surface area contributed by atoms with E-state index >= 15 is 0 Å². The van der Waals surface area contributed by atoms with E-state index < -0.39 is 10.0 Å². The number of urea groups is 1. The number of benzene rings is 1. The van der Waals surface area contributed by atoms with E-state index in [-0.39, 0.29) is 35.0 Å². The lowest BCUT2D eigenvalue weighted by Crippen LogP contribution is -2.47. The minimum absolute atomic E-state index is 0.0671. The van der Waals surface area contributed by atoms with Gasteiger partial charge in [-0.3, -0.25) is 0 Å². The maximum atomic E-state index is 13.1. The predicted octanol–water partition coefficient (Wildman–Crippen LogP) is 3.23. The van der Waals surface area contributed by atoms with Gasteiger partial charge >= 0.3 is 6.03 Å². The highest BCUT2D eigenvalue weighted by Crippen LogP contribution is 2.36. The highest BCUT2D eigenvalue weighted by molar-refractivity contribution is 7.89. The Morgan fingerprint density at radius 3 is 2.63 bits per heavy atom. The van der Waals surface area contributed by atoms with Crippen molar-refractivity contribution in [3.8, 4) is 0 Å². The van der Waals surface area contributed by atoms with E-state index in [1.807, 2.05) is 4.90 Å². The first-order valence-corrected chi connectivity index (χ1v) is 12.4. The first-order valence-electron chi connectivity index (χ1n) is 10.6. The lowest BCUT2D eigenvalue weighted by Gasteiger charge is -2.36. The van der Waals surface area contributed by atoms with Crippen LogP contribution in [0.25, 0.3) is 0 Å². The van der Waals surface area contributed by atoms with Gasteiger partial charge in [-0.25, -0.2) is 18.2 Å². The fraction of sp³-hybridized carbons (Fsp3) is 0.619. The molecule has 3 atom stereocenters. The Hall–Kier alpha value is -1.48. The van der Waals surface area contributed by atoms with Gasteiger partial charge in [0.25, 0.3) is 0 Å². The van der Waals surface area contributed by atoms with Gasteiger partial charge in [0.15, 0.2) is 0 Å². The van der Waals surface area contributed by atoms with E-state index in [0.29, 0.717) is 42.9 Å². The van der Waals surface area contributed by atoms with Crippen molar-refractivity contribution in [2.24, 2.45) is 10.9 Å². The van der Waals surface area contributed by atoms with E-state index in [4.69, 9.17) is 11.6 Å². The van der Waals surface area contributed by atoms with Gasteiger partial charge in [0.1, 0.15) is 0 Å². The molecule has 2 bridgehead atoms. The van der Waals surface area contributed by atoms with Crippen molar-refractivity contribution in [2.45, 2.75) is 68.5 Å². The van der Waals surface area contributed by atoms with Crippen molar-refractivity contribution in [3.63, 3.8) is 0 Å². The summed E-state index contributed by atoms with van der Waals surface area (Å²) in [5.41, 5.74) is 0.549. The number of hydrogen-bond acceptors (Lipinski definition) is 4. The van der Waals surface area contributed by atoms with Crippen LogP contribution in [0, 0.1) is 12.8 Å². The number of aliphatic imine (C=N–C) groups is 1. The Morgan fingerprint density at radius 2 is 1.93 bits per heavy atom. The number of fused-ring (bicyclic) bond motifs is 2. The highest BCUT2D eigenvalue weighted by atomic mass is 35.5. The molecule has 3 unspecified atom stereocenters. The quantitative estimate of drug-likeness (QED) is 0.711. The van der Waals surface area contributed by atoms with E-state index in [9.17, 15) is 18.3 Å². The first kappa shape index (κ1) is 21.7. The molecule has 3 fully saturated rings. The normalized spacial score (nSPS) is 30.2. The van der Waals surface area contributed by atoms with Gasteiger partial charge in [-0.05, 0) is 63.1 Å². The van der Waals surface area contributed by atoms with Crippen molar-refractivity contribution in [1.29, 1.82) is 0 Å². The molecule has 0 aliphatic carbocycles. The molecule has 0 aromatic heterocycles. The van der Waals surface area contributed by atoms with Crippen molar-refractivity contribution in [1.82, 2.24) is 9.21 Å². The molecule has 0 radical (unpaired) electrons. The summed E-state index contributed by atoms with van der Waals surface area (Å²) in [5, 5.41) is 10.3. The molecule has 1 aromatic rings. The second-order valence-electron chi connectivity index (χ2n) is 8.61. The van der Waals surface area contributed by atoms with Crippen LogP contribution >= 0.6 is 11.6 Å². The Labute approximate surface area is 182 Å². The molecule has 3 saturated heterocycles. The molecule has 3 aliphatic rings. The van der Waals surface area contributed by atoms with Crippen LogP contribution in [0.5, 0.6) is 0 Å². The van der Waals surface area contributed by atoms with Crippen LogP contribution in [0.3, 0.4) is 0 Å². The Balaban J connectivity index is 1.44. The van der Waals surface area contributed by atoms with Gasteiger partial charge in [-0.15, -0.1) is 0 Å². The zero-order valence-corrected chi connectivity index (χ0v) is 18.6. The zero-order valence-electron chi connectivity index (χ0n) is 17.1. The molecule has 4 rings (SSSR count). The number of piperidine rings is 2. The van der Waals surface area contributed by atoms with E-state index in [0.717, 1.165) is 19.3 Å². The minimum atomic E-state index is -3.66. The number of rotatable bonds is 3. The van der Waals surface area contributed by atoms with Crippen molar-refractivity contribution >= 4 is 33.9 Å². The summed E-state index contributed by atoms with van der Waals surface area (Å²) in [6, 6.07) is 4.78. The standard InChI is InChI=1S/C21H28ClN3O4S/c1-14-19(22)5-2-6-20(14)30(28,29)24-9-3-4-15(13-24)12-23-21(27)25-16-7-8-17(25)11-18(26)10-16/h2,5-6,12,15-18,26H,3-4,7-11,13H2,1H3. The summed E-state index contributed by atoms with van der Waals surface area (Å²) < 4.78 is 27.7. The molecular weight excluding hydrogens is 426 g/mol. The number of aliphatic hydroxyl groups is 1. The number of hydrogen-bond donors (Lipinski definition) is 1. The molecule has 3 aliphatic heterocycles. The van der Waals surface area contributed by atoms with Gasteiger partial charge in [-0.2, -0.15) is 4.31 Å². The largest absolute Gasteiger partial charge is 0.393 e. The fourth-order valence-corrected chi connectivity index (χ4v) is 7.03. The smallest absolute Gasteiger partial charge is 0.343 e. The van der Waals surface area contributed by atoms with E-state index in [1.165, 1.54) is 4.31 Å². The van der Waals surface area contributed by atoms with E-state index in [2.05, 4.69) is 4.99 Å². The first-order chi connectivity index (χ1) is 14.3. The van der Waals surface area contributed by atoms with Crippen LogP contribution < -0.4 is 0 Å². The van der Waals surface area contributed by atoms with Gasteiger partial charge in [-0.1, -0.05) is 17.7 Å². The fourth-order valence-electron chi connectivity index (χ4n) is 5.02. The molecule has 1 aromatic carbocycles. The number of nitrogens with zero attached hydrogens (tertiary/aromatic N) is 3. The Kier molecular flexibility index (Phi) is 6.21. The number of halogens is 1. The zero-order chi connectivity index (χ0) is 21.5. The average Bonchev–Trinajstić information content (AvgIpc) is 2.99. The molecule has 1 N–H and O–H groups in total. The summed E-state index contributed by atoms with van der Waals surface area (Å²) in [4.78, 5) is 18.9. The number of carbonyl (C=O) groups excluding carboxylic acids is 1. The summed E-state index contributed by atoms with van der Waals surface area (Å²) in [7, 11) is -3.66. The third-order valence-corrected chi connectivity index (χ3v) is 9.00. The molecule has 164 valence electrons. The molecule has 3 heterocycles. The maximum Gasteiger partial charge on any atom is 0.343 e. The van der Waals surface area contributed by atoms with Crippen LogP contribution in [-0.4, -0.2) is 66.3 Å². The van der Waals surface area contributed by atoms with Crippen LogP contribution in [0.15, 0.2) is 28.1 Å². The number of carbonyl (C=O) groups is 1. The van der Waals surface area contributed by atoms with Crippen molar-refractivity contribution < 1.29 is 18.3 Å². The molecule has 30 heavy (non-hydrogen) atoms. The third-order valence-electron chi connectivity index (χ3n) is 6.58. The van der Waals surface area contributed by atoms with Crippen LogP contribution in [-0.2, 0) is 10.0 Å². The Morgan fingerprint density at radius 1 is 1.23 bits per heavy atom. The van der Waals surface area contributed by atoms with Crippen molar-refractivity contribution in [2.75, 3.05) is 13.1 Å². The maximum absolute atomic E-state index is 13.1. The summed E-state index contributed by atoms with van der Waals surface area (Å²) in [6.07, 6.45) is 5.86. The van der Waals surface area contributed by atoms with Gasteiger partial charge in [0.2, 0.25) is 10.0 Å². The number of sulfonamides is 1. The summed E-state index contributed by atoms with van der Waals surface area (Å²) in [5.74, 6) is -0.106. The van der Waals surface area contributed by atoms with Crippen LogP contribution in [0.4, 0.5) is 4.79 Å². The summed E-state index contributed by atoms with van der Waals surface area (Å²) in [6.45, 7) is 2.46. The van der Waals surface area contributed by atoms with Crippen LogP contribution in [0.2, 0.25) is 5.02 Å². The van der Waals surface area contributed by atoms with Gasteiger partial charge in [0, 0.05) is 42.3 Å². The molecule has 0 saturated carbocycles.